The molecule has 0 aromatic rings. The van der Waals surface area contributed by atoms with Gasteiger partial charge in [-0.2, -0.15) is 0 Å². The number of esters is 1. The monoisotopic (exact) mass is 202 g/mol. The Balaban J connectivity index is 4.12. The smallest absolute Gasteiger partial charge is 0.330 e. The van der Waals surface area contributed by atoms with Gasteiger partial charge in [-0.15, -0.1) is 0 Å². The lowest BCUT2D eigenvalue weighted by atomic mass is 9.88. The number of aliphatic hydroxyl groups excluding tert-OH is 2. The Bertz CT molecular complexity index is 186. The number of carbonyl (C=O) groups is 1. The van der Waals surface area contributed by atoms with E-state index >= 15 is 0 Å². The number of ether oxygens (including phenoxy) is 1. The van der Waals surface area contributed by atoms with Crippen LogP contribution in [0.1, 0.15) is 20.3 Å². The minimum Gasteiger partial charge on any atom is -0.462 e. The van der Waals surface area contributed by atoms with Gasteiger partial charge in [0.1, 0.15) is 6.61 Å². The average Bonchev–Trinajstić information content (AvgIpc) is 2.21. The number of aliphatic hydroxyl groups is 2. The van der Waals surface area contributed by atoms with Crippen molar-refractivity contribution in [2.75, 3.05) is 19.8 Å². The van der Waals surface area contributed by atoms with Crippen LogP contribution >= 0.6 is 0 Å². The van der Waals surface area contributed by atoms with E-state index in [9.17, 15) is 4.79 Å². The zero-order chi connectivity index (χ0) is 11.0. The van der Waals surface area contributed by atoms with Crippen molar-refractivity contribution in [2.24, 2.45) is 5.41 Å². The van der Waals surface area contributed by atoms with E-state index in [1.165, 1.54) is 6.08 Å². The number of hydrogen-bond acceptors (Lipinski definition) is 4. The Morgan fingerprint density at radius 3 is 2.36 bits per heavy atom. The second kappa shape index (κ2) is 6.56. The molecule has 0 aromatic heterocycles. The zero-order valence-electron chi connectivity index (χ0n) is 8.69. The van der Waals surface area contributed by atoms with E-state index in [1.54, 1.807) is 13.0 Å². The molecule has 0 unspecified atom stereocenters. The molecule has 0 aromatic carbocycles. The number of rotatable bonds is 6. The van der Waals surface area contributed by atoms with E-state index in [-0.39, 0.29) is 19.8 Å². The predicted octanol–water partition coefficient (Wildman–Crippen LogP) is 0.487. The van der Waals surface area contributed by atoms with Crippen molar-refractivity contribution in [3.8, 4) is 0 Å². The number of allylic oxidation sites excluding steroid dienone is 1. The number of hydrogen-bond donors (Lipinski definition) is 2. The predicted molar refractivity (Wildman–Crippen MR) is 52.7 cm³/mol. The van der Waals surface area contributed by atoms with Crippen LogP contribution in [0.15, 0.2) is 12.2 Å². The van der Waals surface area contributed by atoms with Crippen LogP contribution in [0.2, 0.25) is 0 Å². The largest absolute Gasteiger partial charge is 0.462 e. The minimum atomic E-state index is -0.711. The lowest BCUT2D eigenvalue weighted by Gasteiger charge is -2.27. The van der Waals surface area contributed by atoms with Gasteiger partial charge in [-0.25, -0.2) is 4.79 Å². The Kier molecular flexibility index (Phi) is 6.16. The molecule has 2 N–H and O–H groups in total. The third-order valence-corrected chi connectivity index (χ3v) is 2.24. The summed E-state index contributed by atoms with van der Waals surface area (Å²) in [6.45, 7) is 3.20. The summed E-state index contributed by atoms with van der Waals surface area (Å²) in [4.78, 5) is 11.0. The van der Waals surface area contributed by atoms with Crippen LogP contribution < -0.4 is 0 Å². The fourth-order valence-electron chi connectivity index (χ4n) is 0.875. The quantitative estimate of drug-likeness (QED) is 0.486. The maximum atomic E-state index is 11.0. The molecule has 0 heterocycles. The van der Waals surface area contributed by atoms with Crippen LogP contribution in [-0.4, -0.2) is 36.0 Å². The molecule has 0 radical (unpaired) electrons. The molecule has 14 heavy (non-hydrogen) atoms. The summed E-state index contributed by atoms with van der Waals surface area (Å²) < 4.78 is 4.87. The number of carbonyl (C=O) groups excluding carboxylic acids is 1. The highest BCUT2D eigenvalue weighted by molar-refractivity contribution is 5.81. The van der Waals surface area contributed by atoms with Gasteiger partial charge in [-0.3, -0.25) is 0 Å². The molecule has 4 nitrogen and oxygen atoms in total. The lowest BCUT2D eigenvalue weighted by molar-refractivity contribution is -0.143. The Morgan fingerprint density at radius 1 is 1.43 bits per heavy atom. The molecule has 4 heteroatoms. The maximum Gasteiger partial charge on any atom is 0.330 e. The fraction of sp³-hybridized carbons (Fsp3) is 0.700. The van der Waals surface area contributed by atoms with Crippen LogP contribution in [0.3, 0.4) is 0 Å². The van der Waals surface area contributed by atoms with Crippen molar-refractivity contribution in [3.63, 3.8) is 0 Å². The fourth-order valence-corrected chi connectivity index (χ4v) is 0.875. The first-order chi connectivity index (χ1) is 6.64. The molecule has 0 aliphatic carbocycles. The Labute approximate surface area is 84.2 Å². The molecule has 0 atom stereocenters. The molecule has 0 fully saturated rings. The van der Waals surface area contributed by atoms with Gasteiger partial charge in [0.05, 0.1) is 18.6 Å². The van der Waals surface area contributed by atoms with Gasteiger partial charge in [0.2, 0.25) is 0 Å². The van der Waals surface area contributed by atoms with E-state index in [4.69, 9.17) is 14.9 Å². The van der Waals surface area contributed by atoms with Crippen LogP contribution in [0.4, 0.5) is 0 Å². The molecule has 82 valence electrons. The molecule has 0 aliphatic heterocycles. The molecule has 0 aliphatic rings. The third kappa shape index (κ3) is 3.89. The third-order valence-electron chi connectivity index (χ3n) is 2.24. The Morgan fingerprint density at radius 2 is 2.00 bits per heavy atom. The van der Waals surface area contributed by atoms with Crippen molar-refractivity contribution >= 4 is 5.97 Å². The zero-order valence-corrected chi connectivity index (χ0v) is 8.69. The van der Waals surface area contributed by atoms with Crippen molar-refractivity contribution in [3.05, 3.63) is 12.2 Å². The van der Waals surface area contributed by atoms with E-state index in [0.29, 0.717) is 6.42 Å². The second-order valence-corrected chi connectivity index (χ2v) is 3.28. The highest BCUT2D eigenvalue weighted by atomic mass is 16.5. The van der Waals surface area contributed by atoms with Gasteiger partial charge in [0.15, 0.2) is 0 Å². The van der Waals surface area contributed by atoms with Crippen LogP contribution in [0, 0.1) is 5.41 Å². The van der Waals surface area contributed by atoms with E-state index in [0.717, 1.165) is 0 Å². The summed E-state index contributed by atoms with van der Waals surface area (Å²) in [5.74, 6) is -0.452. The van der Waals surface area contributed by atoms with E-state index < -0.39 is 11.4 Å². The van der Waals surface area contributed by atoms with Gasteiger partial charge in [0, 0.05) is 6.08 Å². The molecule has 0 bridgehead atoms. The van der Waals surface area contributed by atoms with Crippen LogP contribution in [-0.2, 0) is 9.53 Å². The summed E-state index contributed by atoms with van der Waals surface area (Å²) in [6.07, 6.45) is 3.44. The van der Waals surface area contributed by atoms with Gasteiger partial charge >= 0.3 is 5.97 Å². The summed E-state index contributed by atoms with van der Waals surface area (Å²) in [5, 5.41) is 18.1. The minimum absolute atomic E-state index is 0.0413. The SMILES string of the molecule is C/C=C/C(=O)OCC(CC)(CO)CO. The summed E-state index contributed by atoms with van der Waals surface area (Å²) in [5.41, 5.74) is -0.711. The van der Waals surface area contributed by atoms with Crippen molar-refractivity contribution < 1.29 is 19.7 Å². The molecule has 0 spiro atoms. The first-order valence-corrected chi connectivity index (χ1v) is 4.65. The molecule has 0 rings (SSSR count). The summed E-state index contributed by atoms with van der Waals surface area (Å²) in [6, 6.07) is 0. The molecule has 0 amide bonds. The van der Waals surface area contributed by atoms with E-state index in [1.807, 2.05) is 6.92 Å². The van der Waals surface area contributed by atoms with E-state index in [2.05, 4.69) is 0 Å². The summed E-state index contributed by atoms with van der Waals surface area (Å²) in [7, 11) is 0. The molecule has 0 saturated carbocycles. The van der Waals surface area contributed by atoms with Crippen LogP contribution in [0.25, 0.3) is 0 Å². The van der Waals surface area contributed by atoms with Crippen molar-refractivity contribution in [1.29, 1.82) is 0 Å². The topological polar surface area (TPSA) is 66.8 Å². The van der Waals surface area contributed by atoms with Gasteiger partial charge in [0.25, 0.3) is 0 Å². The lowest BCUT2D eigenvalue weighted by Crippen LogP contribution is -2.35. The van der Waals surface area contributed by atoms with Crippen molar-refractivity contribution in [1.82, 2.24) is 0 Å². The first-order valence-electron chi connectivity index (χ1n) is 4.65. The molecular formula is C10H18O4. The normalized spacial score (nSPS) is 12.0. The molecule has 0 saturated heterocycles. The van der Waals surface area contributed by atoms with Crippen LogP contribution in [0.5, 0.6) is 0 Å². The standard InChI is InChI=1S/C10H18O4/c1-3-5-9(13)14-8-10(4-2,6-11)7-12/h3,5,11-12H,4,6-8H2,1-2H3/b5-3+. The maximum absolute atomic E-state index is 11.0. The van der Waals surface area contributed by atoms with Gasteiger partial charge in [-0.05, 0) is 13.3 Å². The van der Waals surface area contributed by atoms with Gasteiger partial charge < -0.3 is 14.9 Å². The molecular weight excluding hydrogens is 184 g/mol. The Hall–Kier alpha value is -0.870. The summed E-state index contributed by atoms with van der Waals surface area (Å²) >= 11 is 0. The second-order valence-electron chi connectivity index (χ2n) is 3.28. The van der Waals surface area contributed by atoms with Gasteiger partial charge in [-0.1, -0.05) is 13.0 Å². The van der Waals surface area contributed by atoms with Crippen molar-refractivity contribution in [2.45, 2.75) is 20.3 Å². The average molecular weight is 202 g/mol. The highest BCUT2D eigenvalue weighted by Crippen LogP contribution is 2.20. The first kappa shape index (κ1) is 13.1. The highest BCUT2D eigenvalue weighted by Gasteiger charge is 2.28.